The van der Waals surface area contributed by atoms with Crippen LogP contribution in [0.3, 0.4) is 0 Å². The highest BCUT2D eigenvalue weighted by atomic mass is 16.7. The van der Waals surface area contributed by atoms with Crippen LogP contribution in [0.2, 0.25) is 0 Å². The van der Waals surface area contributed by atoms with Gasteiger partial charge in [0.05, 0.1) is 0 Å². The Kier molecular flexibility index (Phi) is 4.24. The van der Waals surface area contributed by atoms with E-state index in [1.54, 1.807) is 0 Å². The minimum absolute atomic E-state index is 0.0265. The Labute approximate surface area is 162 Å². The van der Waals surface area contributed by atoms with Crippen LogP contribution in [-0.2, 0) is 4.84 Å². The van der Waals surface area contributed by atoms with Crippen molar-refractivity contribution in [2.45, 2.75) is 70.4 Å². The highest BCUT2D eigenvalue weighted by Crippen LogP contribution is 2.52. The number of hydrogen-bond donors (Lipinski definition) is 0. The van der Waals surface area contributed by atoms with E-state index in [1.165, 1.54) is 5.56 Å². The topological polar surface area (TPSA) is 30.9 Å². The van der Waals surface area contributed by atoms with E-state index in [0.29, 0.717) is 0 Å². The molecule has 1 atom stereocenters. The molecule has 1 spiro atoms. The molecule has 2 aliphatic rings. The average molecular weight is 367 g/mol. The fourth-order valence-corrected chi connectivity index (χ4v) is 4.76. The first-order valence-electron chi connectivity index (χ1n) is 9.70. The Bertz CT molecular complexity index is 770. The predicted molar refractivity (Wildman–Crippen MR) is 106 cm³/mol. The van der Waals surface area contributed by atoms with Gasteiger partial charge >= 0.3 is 0 Å². The Morgan fingerprint density at radius 3 is 1.81 bits per heavy atom. The van der Waals surface area contributed by atoms with Gasteiger partial charge in [-0.2, -0.15) is 5.06 Å². The molecule has 4 heteroatoms. The number of hydrogen-bond acceptors (Lipinski definition) is 4. The number of piperidine rings is 1. The van der Waals surface area contributed by atoms with Crippen LogP contribution in [-0.4, -0.2) is 21.9 Å². The molecule has 2 aliphatic heterocycles. The summed E-state index contributed by atoms with van der Waals surface area (Å²) in [4.78, 5) is 6.51. The summed E-state index contributed by atoms with van der Waals surface area (Å²) in [6, 6.07) is 18.3. The third-order valence-electron chi connectivity index (χ3n) is 5.48. The molecule has 1 unspecified atom stereocenters. The Hall–Kier alpha value is -2.04. The summed E-state index contributed by atoms with van der Waals surface area (Å²) in [5.74, 6) is 1.01. The number of benzene rings is 2. The minimum atomic E-state index is -0.646. The molecule has 0 aliphatic carbocycles. The van der Waals surface area contributed by atoms with Crippen LogP contribution < -0.4 is 9.47 Å². The molecule has 4 nitrogen and oxygen atoms in total. The van der Waals surface area contributed by atoms with Gasteiger partial charge < -0.3 is 9.47 Å². The molecule has 2 aromatic rings. The molecule has 0 amide bonds. The quantitative estimate of drug-likeness (QED) is 0.717. The summed E-state index contributed by atoms with van der Waals surface area (Å²) in [5.41, 5.74) is 0.657. The lowest BCUT2D eigenvalue weighted by Crippen LogP contribution is -2.67. The summed E-state index contributed by atoms with van der Waals surface area (Å²) in [6.07, 6.45) is 1.42. The highest BCUT2D eigenvalue weighted by molar-refractivity contribution is 5.43. The van der Waals surface area contributed by atoms with Gasteiger partial charge in [-0.15, -0.1) is 0 Å². The molecule has 4 rings (SSSR count). The molecule has 144 valence electrons. The first-order valence-corrected chi connectivity index (χ1v) is 9.70. The number of nitrogens with zero attached hydrogens (tertiary/aromatic N) is 1. The van der Waals surface area contributed by atoms with E-state index in [4.69, 9.17) is 14.3 Å². The zero-order chi connectivity index (χ0) is 19.3. The molecule has 1 fully saturated rings. The average Bonchev–Trinajstić information content (AvgIpc) is 2.94. The van der Waals surface area contributed by atoms with Crippen LogP contribution in [0.4, 0.5) is 0 Å². The Morgan fingerprint density at radius 2 is 1.30 bits per heavy atom. The normalized spacial score (nSPS) is 23.3. The maximum atomic E-state index is 6.51. The number of ether oxygens (including phenoxy) is 2. The monoisotopic (exact) mass is 367 g/mol. The lowest BCUT2D eigenvalue weighted by Gasteiger charge is -2.56. The SMILES string of the molecule is CC(ON1C(C)(C)CC2(CC1(C)C)Oc1ccccc1O2)c1ccccc1. The zero-order valence-electron chi connectivity index (χ0n) is 16.9. The summed E-state index contributed by atoms with van der Waals surface area (Å²) in [7, 11) is 0. The molecule has 0 radical (unpaired) electrons. The van der Waals surface area contributed by atoms with Crippen LogP contribution >= 0.6 is 0 Å². The van der Waals surface area contributed by atoms with Gasteiger partial charge in [-0.1, -0.05) is 42.5 Å². The van der Waals surface area contributed by atoms with Crippen molar-refractivity contribution in [1.82, 2.24) is 5.06 Å². The van der Waals surface area contributed by atoms with E-state index in [-0.39, 0.29) is 17.2 Å². The summed E-state index contributed by atoms with van der Waals surface area (Å²) in [5, 5.41) is 2.15. The number of hydroxylamine groups is 2. The van der Waals surface area contributed by atoms with Gasteiger partial charge in [-0.05, 0) is 52.3 Å². The molecular formula is C23H29NO3. The van der Waals surface area contributed by atoms with Crippen molar-refractivity contribution in [3.05, 3.63) is 60.2 Å². The first-order chi connectivity index (χ1) is 12.7. The van der Waals surface area contributed by atoms with Crippen LogP contribution in [0.5, 0.6) is 11.5 Å². The van der Waals surface area contributed by atoms with Crippen molar-refractivity contribution >= 4 is 0 Å². The molecule has 27 heavy (non-hydrogen) atoms. The zero-order valence-corrected chi connectivity index (χ0v) is 16.9. The van der Waals surface area contributed by atoms with E-state index >= 15 is 0 Å². The van der Waals surface area contributed by atoms with E-state index in [1.807, 2.05) is 42.5 Å². The van der Waals surface area contributed by atoms with Crippen molar-refractivity contribution in [3.63, 3.8) is 0 Å². The third kappa shape index (κ3) is 3.32. The summed E-state index contributed by atoms with van der Waals surface area (Å²) in [6.45, 7) is 10.9. The van der Waals surface area contributed by atoms with Crippen LogP contribution in [0.25, 0.3) is 0 Å². The maximum absolute atomic E-state index is 6.51. The standard InChI is InChI=1S/C23H29NO3/c1-17(18-11-7-6-8-12-18)27-24-21(2,3)15-23(16-22(24,4)5)25-19-13-9-10-14-20(19)26-23/h6-14,17H,15-16H2,1-5H3. The molecule has 2 aromatic carbocycles. The second-order valence-corrected chi connectivity index (χ2v) is 8.99. The van der Waals surface area contributed by atoms with Crippen molar-refractivity contribution in [3.8, 4) is 11.5 Å². The predicted octanol–water partition coefficient (Wildman–Crippen LogP) is 5.50. The van der Waals surface area contributed by atoms with E-state index in [0.717, 1.165) is 24.3 Å². The third-order valence-corrected chi connectivity index (χ3v) is 5.48. The van der Waals surface area contributed by atoms with Gasteiger partial charge in [-0.3, -0.25) is 4.84 Å². The number of rotatable bonds is 3. The van der Waals surface area contributed by atoms with Crippen molar-refractivity contribution in [1.29, 1.82) is 0 Å². The lowest BCUT2D eigenvalue weighted by atomic mass is 9.78. The fraction of sp³-hybridized carbons (Fsp3) is 0.478. The second kappa shape index (κ2) is 6.25. The Balaban J connectivity index is 1.58. The van der Waals surface area contributed by atoms with E-state index < -0.39 is 5.79 Å². The lowest BCUT2D eigenvalue weighted by molar-refractivity contribution is -0.337. The van der Waals surface area contributed by atoms with Crippen LogP contribution in [0.15, 0.2) is 54.6 Å². The van der Waals surface area contributed by atoms with Crippen molar-refractivity contribution in [2.24, 2.45) is 0 Å². The number of para-hydroxylation sites is 2. The number of fused-ring (bicyclic) bond motifs is 1. The van der Waals surface area contributed by atoms with Gasteiger partial charge in [0.2, 0.25) is 0 Å². The molecule has 2 heterocycles. The molecule has 0 aromatic heterocycles. The van der Waals surface area contributed by atoms with Gasteiger partial charge in [-0.25, -0.2) is 0 Å². The molecule has 0 bridgehead atoms. The first kappa shape index (κ1) is 18.3. The van der Waals surface area contributed by atoms with Gasteiger partial charge in [0.1, 0.15) is 6.10 Å². The van der Waals surface area contributed by atoms with Crippen LogP contribution in [0.1, 0.15) is 59.1 Å². The molecule has 0 N–H and O–H groups in total. The minimum Gasteiger partial charge on any atom is -0.448 e. The van der Waals surface area contributed by atoms with E-state index in [2.05, 4.69) is 51.8 Å². The van der Waals surface area contributed by atoms with Crippen molar-refractivity contribution in [2.75, 3.05) is 0 Å². The van der Waals surface area contributed by atoms with Gasteiger partial charge in [0.25, 0.3) is 5.79 Å². The summed E-state index contributed by atoms with van der Waals surface area (Å²) >= 11 is 0. The molecule has 1 saturated heterocycles. The Morgan fingerprint density at radius 1 is 0.815 bits per heavy atom. The van der Waals surface area contributed by atoms with Crippen LogP contribution in [0, 0.1) is 0 Å². The fourth-order valence-electron chi connectivity index (χ4n) is 4.76. The largest absolute Gasteiger partial charge is 0.448 e. The maximum Gasteiger partial charge on any atom is 0.255 e. The second-order valence-electron chi connectivity index (χ2n) is 8.99. The molecular weight excluding hydrogens is 338 g/mol. The van der Waals surface area contributed by atoms with E-state index in [9.17, 15) is 0 Å². The smallest absolute Gasteiger partial charge is 0.255 e. The highest BCUT2D eigenvalue weighted by Gasteiger charge is 2.58. The van der Waals surface area contributed by atoms with Gasteiger partial charge in [0.15, 0.2) is 11.5 Å². The van der Waals surface area contributed by atoms with Gasteiger partial charge in [0, 0.05) is 23.9 Å². The summed E-state index contributed by atoms with van der Waals surface area (Å²) < 4.78 is 12.7. The van der Waals surface area contributed by atoms with Crippen molar-refractivity contribution < 1.29 is 14.3 Å². The molecule has 0 saturated carbocycles.